The predicted molar refractivity (Wildman–Crippen MR) is 71.1 cm³/mol. The largest absolute Gasteiger partial charge is 0.465 e. The maximum absolute atomic E-state index is 12.2. The van der Waals surface area contributed by atoms with Crippen LogP contribution in [-0.2, 0) is 19.1 Å². The lowest BCUT2D eigenvalue weighted by Gasteiger charge is -2.26. The van der Waals surface area contributed by atoms with Crippen LogP contribution >= 0.6 is 0 Å². The second-order valence-corrected chi connectivity index (χ2v) is 4.47. The van der Waals surface area contributed by atoms with Crippen LogP contribution in [0, 0.1) is 17.8 Å². The molecular weight excluding hydrogens is 244 g/mol. The van der Waals surface area contributed by atoms with E-state index in [-0.39, 0.29) is 26.1 Å². The Balaban J connectivity index is 3.00. The Morgan fingerprint density at radius 2 is 1.79 bits per heavy atom. The minimum absolute atomic E-state index is 0.00551. The molecule has 1 aliphatic carbocycles. The second-order valence-electron chi connectivity index (χ2n) is 4.47. The molecule has 0 atom stereocenters. The summed E-state index contributed by atoms with van der Waals surface area (Å²) in [4.78, 5) is 24.3. The highest BCUT2D eigenvalue weighted by atomic mass is 16.6. The zero-order chi connectivity index (χ0) is 14.3. The van der Waals surface area contributed by atoms with Crippen molar-refractivity contribution in [2.75, 3.05) is 13.2 Å². The average molecular weight is 264 g/mol. The van der Waals surface area contributed by atoms with Gasteiger partial charge in [0.05, 0.1) is 13.2 Å². The summed E-state index contributed by atoms with van der Waals surface area (Å²) in [6.07, 6.45) is 9.53. The maximum atomic E-state index is 12.2. The first-order valence-electron chi connectivity index (χ1n) is 6.56. The quantitative estimate of drug-likeness (QED) is 0.306. The number of rotatable bonds is 7. The van der Waals surface area contributed by atoms with E-state index in [4.69, 9.17) is 15.9 Å². The van der Waals surface area contributed by atoms with E-state index in [1.54, 1.807) is 13.8 Å². The van der Waals surface area contributed by atoms with Gasteiger partial charge in [0.15, 0.2) is 5.41 Å². The Morgan fingerprint density at radius 1 is 1.26 bits per heavy atom. The molecule has 4 nitrogen and oxygen atoms in total. The van der Waals surface area contributed by atoms with Crippen molar-refractivity contribution in [3.63, 3.8) is 0 Å². The zero-order valence-electron chi connectivity index (χ0n) is 11.5. The lowest BCUT2D eigenvalue weighted by atomic mass is 9.81. The SMILES string of the molecule is C#CCC(CC=C1CC1)(C(=O)OCC)C(=O)OCC. The number of carbonyl (C=O) groups is 2. The smallest absolute Gasteiger partial charge is 0.324 e. The van der Waals surface area contributed by atoms with Crippen LogP contribution in [0.15, 0.2) is 11.6 Å². The van der Waals surface area contributed by atoms with Gasteiger partial charge < -0.3 is 9.47 Å². The molecule has 0 aromatic rings. The van der Waals surface area contributed by atoms with Gasteiger partial charge in [-0.3, -0.25) is 9.59 Å². The van der Waals surface area contributed by atoms with Gasteiger partial charge in [0, 0.05) is 6.42 Å². The van der Waals surface area contributed by atoms with Gasteiger partial charge >= 0.3 is 11.9 Å². The van der Waals surface area contributed by atoms with Gasteiger partial charge in [-0.25, -0.2) is 0 Å². The van der Waals surface area contributed by atoms with Gasteiger partial charge in [0.2, 0.25) is 0 Å². The molecule has 0 aromatic carbocycles. The number of hydrogen-bond donors (Lipinski definition) is 0. The first-order valence-corrected chi connectivity index (χ1v) is 6.56. The highest BCUT2D eigenvalue weighted by Gasteiger charge is 2.47. The van der Waals surface area contributed by atoms with Crippen LogP contribution in [-0.4, -0.2) is 25.2 Å². The summed E-state index contributed by atoms with van der Waals surface area (Å²) in [6, 6.07) is 0. The number of carbonyl (C=O) groups excluding carboxylic acids is 2. The standard InChI is InChI=1S/C15H20O4/c1-4-10-15(13(16)18-5-2,14(17)19-6-3)11-9-12-7-8-12/h1,9H,5-8,10-11H2,2-3H3. The fourth-order valence-electron chi connectivity index (χ4n) is 1.77. The number of ether oxygens (including phenoxy) is 2. The third kappa shape index (κ3) is 3.85. The molecule has 1 saturated carbocycles. The molecule has 0 N–H and O–H groups in total. The molecule has 0 unspecified atom stereocenters. The van der Waals surface area contributed by atoms with Crippen molar-refractivity contribution in [1.82, 2.24) is 0 Å². The minimum atomic E-state index is -1.39. The van der Waals surface area contributed by atoms with Crippen LogP contribution in [0.1, 0.15) is 39.5 Å². The Bertz CT molecular complexity index is 390. The molecule has 1 rings (SSSR count). The van der Waals surface area contributed by atoms with Crippen LogP contribution in [0.25, 0.3) is 0 Å². The molecule has 0 saturated heterocycles. The van der Waals surface area contributed by atoms with E-state index in [9.17, 15) is 9.59 Å². The van der Waals surface area contributed by atoms with Gasteiger partial charge in [0.25, 0.3) is 0 Å². The van der Waals surface area contributed by atoms with Crippen molar-refractivity contribution in [2.24, 2.45) is 5.41 Å². The molecule has 0 amide bonds. The third-order valence-electron chi connectivity index (χ3n) is 3.01. The second kappa shape index (κ2) is 6.98. The van der Waals surface area contributed by atoms with E-state index in [0.717, 1.165) is 12.8 Å². The van der Waals surface area contributed by atoms with Crippen LogP contribution in [0.3, 0.4) is 0 Å². The van der Waals surface area contributed by atoms with Gasteiger partial charge in [-0.1, -0.05) is 11.6 Å². The van der Waals surface area contributed by atoms with Gasteiger partial charge in [-0.05, 0) is 33.1 Å². The zero-order valence-corrected chi connectivity index (χ0v) is 11.5. The lowest BCUT2D eigenvalue weighted by Crippen LogP contribution is -2.41. The fourth-order valence-corrected chi connectivity index (χ4v) is 1.77. The normalized spacial score (nSPS) is 13.4. The van der Waals surface area contributed by atoms with E-state index in [0.29, 0.717) is 0 Å². The van der Waals surface area contributed by atoms with Gasteiger partial charge in [-0.15, -0.1) is 12.3 Å². The number of allylic oxidation sites excluding steroid dienone is 2. The topological polar surface area (TPSA) is 52.6 Å². The summed E-state index contributed by atoms with van der Waals surface area (Å²) >= 11 is 0. The number of esters is 2. The first kappa shape index (κ1) is 15.3. The van der Waals surface area contributed by atoms with E-state index in [2.05, 4.69) is 5.92 Å². The summed E-state index contributed by atoms with van der Waals surface area (Å²) < 4.78 is 10.0. The average Bonchev–Trinajstić information content (AvgIpc) is 3.19. The van der Waals surface area contributed by atoms with E-state index in [1.807, 2.05) is 6.08 Å². The molecule has 19 heavy (non-hydrogen) atoms. The van der Waals surface area contributed by atoms with Crippen LogP contribution < -0.4 is 0 Å². The van der Waals surface area contributed by atoms with Gasteiger partial charge in [-0.2, -0.15) is 0 Å². The van der Waals surface area contributed by atoms with E-state index >= 15 is 0 Å². The molecule has 0 aliphatic heterocycles. The Morgan fingerprint density at radius 3 is 2.16 bits per heavy atom. The summed E-state index contributed by atoms with van der Waals surface area (Å²) in [6.45, 7) is 3.81. The summed E-state index contributed by atoms with van der Waals surface area (Å²) in [5, 5.41) is 0. The molecule has 1 aliphatic rings. The molecule has 0 aromatic heterocycles. The van der Waals surface area contributed by atoms with E-state index in [1.165, 1.54) is 5.57 Å². The van der Waals surface area contributed by atoms with Crippen molar-refractivity contribution in [2.45, 2.75) is 39.5 Å². The van der Waals surface area contributed by atoms with Crippen molar-refractivity contribution >= 4 is 11.9 Å². The van der Waals surface area contributed by atoms with Gasteiger partial charge in [0.1, 0.15) is 0 Å². The van der Waals surface area contributed by atoms with Crippen molar-refractivity contribution in [1.29, 1.82) is 0 Å². The maximum Gasteiger partial charge on any atom is 0.324 e. The van der Waals surface area contributed by atoms with E-state index < -0.39 is 17.4 Å². The van der Waals surface area contributed by atoms with Crippen LogP contribution in [0.2, 0.25) is 0 Å². The molecule has 0 spiro atoms. The first-order chi connectivity index (χ1) is 9.10. The van der Waals surface area contributed by atoms with Crippen molar-refractivity contribution in [3.8, 4) is 12.3 Å². The predicted octanol–water partition coefficient (Wildman–Crippen LogP) is 2.23. The Labute approximate surface area is 114 Å². The Kier molecular flexibility index (Phi) is 5.62. The molecular formula is C15H20O4. The molecule has 104 valence electrons. The summed E-state index contributed by atoms with van der Waals surface area (Å²) in [7, 11) is 0. The molecule has 4 heteroatoms. The third-order valence-corrected chi connectivity index (χ3v) is 3.01. The fraction of sp³-hybridized carbons (Fsp3) is 0.600. The van der Waals surface area contributed by atoms with Crippen LogP contribution in [0.5, 0.6) is 0 Å². The lowest BCUT2D eigenvalue weighted by molar-refractivity contribution is -0.171. The highest BCUT2D eigenvalue weighted by molar-refractivity contribution is 6.00. The monoisotopic (exact) mass is 264 g/mol. The number of terminal acetylenes is 1. The highest BCUT2D eigenvalue weighted by Crippen LogP contribution is 2.35. The summed E-state index contributed by atoms with van der Waals surface area (Å²) in [5.74, 6) is 1.21. The van der Waals surface area contributed by atoms with Crippen LogP contribution in [0.4, 0.5) is 0 Å². The molecule has 1 fully saturated rings. The molecule has 0 heterocycles. The number of hydrogen-bond acceptors (Lipinski definition) is 4. The van der Waals surface area contributed by atoms with Crippen molar-refractivity contribution < 1.29 is 19.1 Å². The van der Waals surface area contributed by atoms with Crippen molar-refractivity contribution in [3.05, 3.63) is 11.6 Å². The molecule has 0 bridgehead atoms. The minimum Gasteiger partial charge on any atom is -0.465 e. The summed E-state index contributed by atoms with van der Waals surface area (Å²) in [5.41, 5.74) is -0.147. The molecule has 0 radical (unpaired) electrons. The Hall–Kier alpha value is -1.76.